The number of piperidine rings is 1. The van der Waals surface area contributed by atoms with Crippen molar-refractivity contribution in [3.8, 4) is 17.3 Å². The number of carbonyl (C=O) groups excluding carboxylic acids is 2. The minimum atomic E-state index is -0.696. The van der Waals surface area contributed by atoms with Crippen molar-refractivity contribution in [1.82, 2.24) is 15.4 Å². The van der Waals surface area contributed by atoms with Crippen LogP contribution in [-0.2, 0) is 11.2 Å². The summed E-state index contributed by atoms with van der Waals surface area (Å²) < 4.78 is 5.26. The van der Waals surface area contributed by atoms with Gasteiger partial charge in [-0.1, -0.05) is 47.6 Å². The molecule has 1 aliphatic heterocycles. The molecule has 7 heteroatoms. The zero-order valence-electron chi connectivity index (χ0n) is 17.7. The van der Waals surface area contributed by atoms with Crippen LogP contribution in [-0.4, -0.2) is 41.0 Å². The van der Waals surface area contributed by atoms with E-state index in [-0.39, 0.29) is 11.7 Å². The van der Waals surface area contributed by atoms with Crippen LogP contribution in [0.2, 0.25) is 0 Å². The Balaban J connectivity index is 1.52. The number of hydrogen-bond acceptors (Lipinski definition) is 5. The third-order valence-corrected chi connectivity index (χ3v) is 5.58. The van der Waals surface area contributed by atoms with Gasteiger partial charge < -0.3 is 14.7 Å². The molecular weight excluding hydrogens is 404 g/mol. The Morgan fingerprint density at radius 2 is 1.84 bits per heavy atom. The number of benzene rings is 2. The van der Waals surface area contributed by atoms with E-state index in [1.165, 1.54) is 6.07 Å². The lowest BCUT2D eigenvalue weighted by molar-refractivity contribution is -0.134. The molecule has 32 heavy (non-hydrogen) atoms. The maximum Gasteiger partial charge on any atom is 0.290 e. The van der Waals surface area contributed by atoms with Gasteiger partial charge in [0.2, 0.25) is 11.7 Å². The fourth-order valence-corrected chi connectivity index (χ4v) is 3.88. The fraction of sp³-hybridized carbons (Fsp3) is 0.280. The van der Waals surface area contributed by atoms with Crippen LogP contribution in [0.5, 0.6) is 0 Å². The summed E-state index contributed by atoms with van der Waals surface area (Å²) in [6, 6.07) is 19.4. The summed E-state index contributed by atoms with van der Waals surface area (Å²) in [5, 5.41) is 15.9. The molecule has 0 aliphatic carbocycles. The first-order chi connectivity index (χ1) is 15.6. The molecule has 4 rings (SSSR count). The second kappa shape index (κ2) is 9.92. The number of nitrogens with one attached hydrogen (secondary N) is 1. The Bertz CT molecular complexity index is 1130. The third-order valence-electron chi connectivity index (χ3n) is 5.58. The molecule has 0 spiro atoms. The molecule has 1 aromatic heterocycles. The van der Waals surface area contributed by atoms with E-state index in [0.717, 1.165) is 24.8 Å². The van der Waals surface area contributed by atoms with Gasteiger partial charge in [0, 0.05) is 31.1 Å². The van der Waals surface area contributed by atoms with Gasteiger partial charge in [0.15, 0.2) is 0 Å². The molecule has 7 nitrogen and oxygen atoms in total. The first-order valence-electron chi connectivity index (χ1n) is 10.7. The summed E-state index contributed by atoms with van der Waals surface area (Å²) in [6.07, 6.45) is 3.47. The molecule has 1 N–H and O–H groups in total. The highest BCUT2D eigenvalue weighted by Crippen LogP contribution is 2.20. The first-order valence-corrected chi connectivity index (χ1v) is 10.7. The quantitative estimate of drug-likeness (QED) is 0.647. The Morgan fingerprint density at radius 1 is 1.06 bits per heavy atom. The van der Waals surface area contributed by atoms with Crippen LogP contribution < -0.4 is 5.32 Å². The SMILES string of the molecule is N#Cc1cccc(-c2cc(C(=O)NC(Cc3ccccc3)C(=O)N3CCCCC3)on2)c1. The number of rotatable bonds is 6. The molecule has 162 valence electrons. The molecule has 1 aliphatic rings. The smallest absolute Gasteiger partial charge is 0.290 e. The van der Waals surface area contributed by atoms with Crippen LogP contribution in [0.1, 0.15) is 40.9 Å². The molecule has 0 bridgehead atoms. The van der Waals surface area contributed by atoms with Crippen LogP contribution >= 0.6 is 0 Å². The molecular formula is C25H24N4O3. The molecule has 3 aromatic rings. The van der Waals surface area contributed by atoms with Crippen molar-refractivity contribution in [2.75, 3.05) is 13.1 Å². The zero-order valence-corrected chi connectivity index (χ0v) is 17.7. The van der Waals surface area contributed by atoms with Gasteiger partial charge >= 0.3 is 0 Å². The minimum Gasteiger partial charge on any atom is -0.350 e. The van der Waals surface area contributed by atoms with Gasteiger partial charge in [0.05, 0.1) is 11.6 Å². The molecule has 0 radical (unpaired) electrons. The Labute approximate surface area is 186 Å². The predicted octanol–water partition coefficient (Wildman–Crippen LogP) is 3.57. The molecule has 1 saturated heterocycles. The monoisotopic (exact) mass is 428 g/mol. The highest BCUT2D eigenvalue weighted by atomic mass is 16.5. The average molecular weight is 428 g/mol. The standard InChI is InChI=1S/C25H24N4O3/c26-17-19-10-7-11-20(14-19)21-16-23(32-28-21)24(30)27-22(15-18-8-3-1-4-9-18)25(31)29-12-5-2-6-13-29/h1,3-4,7-11,14,16,22H,2,5-6,12-13,15H2,(H,27,30). The lowest BCUT2D eigenvalue weighted by Crippen LogP contribution is -2.51. The van der Waals surface area contributed by atoms with Crippen molar-refractivity contribution in [2.24, 2.45) is 0 Å². The molecule has 2 aromatic carbocycles. The van der Waals surface area contributed by atoms with Gasteiger partial charge in [0.1, 0.15) is 11.7 Å². The van der Waals surface area contributed by atoms with Gasteiger partial charge in [-0.2, -0.15) is 5.26 Å². The van der Waals surface area contributed by atoms with Gasteiger partial charge in [-0.15, -0.1) is 0 Å². The van der Waals surface area contributed by atoms with Crippen molar-refractivity contribution >= 4 is 11.8 Å². The van der Waals surface area contributed by atoms with Crippen molar-refractivity contribution in [3.63, 3.8) is 0 Å². The van der Waals surface area contributed by atoms with E-state index in [4.69, 9.17) is 9.78 Å². The highest BCUT2D eigenvalue weighted by Gasteiger charge is 2.28. The maximum atomic E-state index is 13.2. The van der Waals surface area contributed by atoms with Gasteiger partial charge in [-0.25, -0.2) is 0 Å². The predicted molar refractivity (Wildman–Crippen MR) is 118 cm³/mol. The van der Waals surface area contributed by atoms with E-state index in [1.807, 2.05) is 35.2 Å². The zero-order chi connectivity index (χ0) is 22.3. The van der Waals surface area contributed by atoms with Gasteiger partial charge in [-0.05, 0) is 37.0 Å². The number of likely N-dealkylation sites (tertiary alicyclic amines) is 1. The summed E-state index contributed by atoms with van der Waals surface area (Å²) in [6.45, 7) is 1.42. The lowest BCUT2D eigenvalue weighted by atomic mass is 10.0. The molecule has 1 atom stereocenters. The number of aromatic nitrogens is 1. The largest absolute Gasteiger partial charge is 0.350 e. The van der Waals surface area contributed by atoms with Crippen LogP contribution in [0, 0.1) is 11.3 Å². The first kappa shape index (κ1) is 21.3. The number of amides is 2. The molecule has 2 heterocycles. The van der Waals surface area contributed by atoms with Crippen molar-refractivity contribution < 1.29 is 14.1 Å². The van der Waals surface area contributed by atoms with Crippen molar-refractivity contribution in [3.05, 3.63) is 77.6 Å². The van der Waals surface area contributed by atoms with E-state index < -0.39 is 11.9 Å². The Hall–Kier alpha value is -3.92. The Kier molecular flexibility index (Phi) is 6.61. The highest BCUT2D eigenvalue weighted by molar-refractivity contribution is 5.96. The normalized spacial score (nSPS) is 14.4. The van der Waals surface area contributed by atoms with Crippen molar-refractivity contribution in [1.29, 1.82) is 5.26 Å². The van der Waals surface area contributed by atoms with Gasteiger partial charge in [-0.3, -0.25) is 9.59 Å². The van der Waals surface area contributed by atoms with Crippen LogP contribution in [0.4, 0.5) is 0 Å². The minimum absolute atomic E-state index is 0.0202. The fourth-order valence-electron chi connectivity index (χ4n) is 3.88. The van der Waals surface area contributed by atoms with E-state index in [1.54, 1.807) is 24.3 Å². The molecule has 0 saturated carbocycles. The van der Waals surface area contributed by atoms with E-state index >= 15 is 0 Å². The maximum absolute atomic E-state index is 13.2. The summed E-state index contributed by atoms with van der Waals surface area (Å²) >= 11 is 0. The van der Waals surface area contributed by atoms with Crippen LogP contribution in [0.15, 0.2) is 65.2 Å². The lowest BCUT2D eigenvalue weighted by Gasteiger charge is -2.30. The number of nitrogens with zero attached hydrogens (tertiary/aromatic N) is 3. The average Bonchev–Trinajstić information content (AvgIpc) is 3.35. The number of carbonyl (C=O) groups is 2. The van der Waals surface area contributed by atoms with E-state index in [0.29, 0.717) is 36.3 Å². The number of nitriles is 1. The number of hydrogen-bond donors (Lipinski definition) is 1. The van der Waals surface area contributed by atoms with Gasteiger partial charge in [0.25, 0.3) is 5.91 Å². The second-order valence-electron chi connectivity index (χ2n) is 7.87. The molecule has 2 amide bonds. The Morgan fingerprint density at radius 3 is 2.59 bits per heavy atom. The molecule has 1 fully saturated rings. The third kappa shape index (κ3) is 5.03. The molecule has 1 unspecified atom stereocenters. The van der Waals surface area contributed by atoms with E-state index in [2.05, 4.69) is 16.5 Å². The summed E-state index contributed by atoms with van der Waals surface area (Å²) in [5.41, 5.74) is 2.59. The van der Waals surface area contributed by atoms with Crippen LogP contribution in [0.3, 0.4) is 0 Å². The van der Waals surface area contributed by atoms with Crippen LogP contribution in [0.25, 0.3) is 11.3 Å². The topological polar surface area (TPSA) is 99.2 Å². The summed E-state index contributed by atoms with van der Waals surface area (Å²) in [7, 11) is 0. The summed E-state index contributed by atoms with van der Waals surface area (Å²) in [5.74, 6) is -0.554. The summed E-state index contributed by atoms with van der Waals surface area (Å²) in [4.78, 5) is 28.0. The van der Waals surface area contributed by atoms with E-state index in [9.17, 15) is 9.59 Å². The second-order valence-corrected chi connectivity index (χ2v) is 7.87. The van der Waals surface area contributed by atoms with Crippen molar-refractivity contribution in [2.45, 2.75) is 31.7 Å².